The molecule has 0 spiro atoms. The number of nitrogens with one attached hydrogen (secondary N) is 2. The van der Waals surface area contributed by atoms with Gasteiger partial charge in [0.25, 0.3) is 5.91 Å². The van der Waals surface area contributed by atoms with Gasteiger partial charge in [0, 0.05) is 41.9 Å². The first-order valence-corrected chi connectivity index (χ1v) is 7.33. The second-order valence-corrected chi connectivity index (χ2v) is 5.20. The van der Waals surface area contributed by atoms with E-state index in [2.05, 4.69) is 10.3 Å². The minimum atomic E-state index is -0.510. The van der Waals surface area contributed by atoms with Gasteiger partial charge in [-0.1, -0.05) is 12.1 Å². The van der Waals surface area contributed by atoms with Crippen LogP contribution in [0, 0.1) is 12.3 Å². The molecule has 2 aromatic rings. The van der Waals surface area contributed by atoms with Crippen molar-refractivity contribution in [2.24, 2.45) is 0 Å². The number of rotatable bonds is 6. The number of carbonyl (C=O) groups is 1. The van der Waals surface area contributed by atoms with Crippen molar-refractivity contribution in [2.75, 3.05) is 18.9 Å². The maximum atomic E-state index is 12.0. The predicted octanol–water partition coefficient (Wildman–Crippen LogP) is 1.51. The van der Waals surface area contributed by atoms with E-state index in [0.717, 1.165) is 16.8 Å². The normalized spacial score (nSPS) is 10.3. The number of nitrogen functional groups attached to an aromatic ring is 1. The number of carbonyl (C=O) groups excluding carboxylic acids is 1. The zero-order valence-corrected chi connectivity index (χ0v) is 13.0. The van der Waals surface area contributed by atoms with Crippen LogP contribution in [-0.2, 0) is 4.79 Å². The van der Waals surface area contributed by atoms with E-state index in [1.54, 1.807) is 18.3 Å². The highest BCUT2D eigenvalue weighted by molar-refractivity contribution is 6.45. The SMILES string of the molecule is Cc1ccc(-c2ccc(N)c(C(=N)C(=O)NCCCO)c2)cn1. The van der Waals surface area contributed by atoms with Gasteiger partial charge in [0.05, 0.1) is 0 Å². The smallest absolute Gasteiger partial charge is 0.269 e. The summed E-state index contributed by atoms with van der Waals surface area (Å²) in [5.41, 5.74) is 9.12. The van der Waals surface area contributed by atoms with Crippen LogP contribution in [0.25, 0.3) is 11.1 Å². The van der Waals surface area contributed by atoms with Crippen LogP contribution in [0.1, 0.15) is 17.7 Å². The summed E-state index contributed by atoms with van der Waals surface area (Å²) in [6.07, 6.45) is 2.19. The molecule has 120 valence electrons. The number of anilines is 1. The van der Waals surface area contributed by atoms with Crippen LogP contribution in [0.5, 0.6) is 0 Å². The van der Waals surface area contributed by atoms with Crippen LogP contribution in [0.4, 0.5) is 5.69 Å². The molecule has 0 aliphatic carbocycles. The fraction of sp³-hybridized carbons (Fsp3) is 0.235. The summed E-state index contributed by atoms with van der Waals surface area (Å²) in [5.74, 6) is -0.510. The Morgan fingerprint density at radius 1 is 1.30 bits per heavy atom. The summed E-state index contributed by atoms with van der Waals surface area (Å²) in [7, 11) is 0. The number of benzene rings is 1. The van der Waals surface area contributed by atoms with Gasteiger partial charge in [0.2, 0.25) is 0 Å². The van der Waals surface area contributed by atoms with Gasteiger partial charge >= 0.3 is 0 Å². The van der Waals surface area contributed by atoms with Crippen LogP contribution in [0.15, 0.2) is 36.5 Å². The van der Waals surface area contributed by atoms with E-state index in [0.29, 0.717) is 24.2 Å². The highest BCUT2D eigenvalue weighted by Gasteiger charge is 2.15. The van der Waals surface area contributed by atoms with E-state index < -0.39 is 5.91 Å². The molecular formula is C17H20N4O2. The first kappa shape index (κ1) is 16.6. The number of hydrogen-bond acceptors (Lipinski definition) is 5. The van der Waals surface area contributed by atoms with E-state index in [1.807, 2.05) is 25.1 Å². The zero-order valence-electron chi connectivity index (χ0n) is 13.0. The maximum Gasteiger partial charge on any atom is 0.269 e. The highest BCUT2D eigenvalue weighted by Crippen LogP contribution is 2.24. The number of amides is 1. The molecule has 1 aromatic heterocycles. The Bertz CT molecular complexity index is 711. The molecule has 0 aliphatic heterocycles. The number of nitrogens with two attached hydrogens (primary N) is 1. The maximum absolute atomic E-state index is 12.0. The molecule has 0 bridgehead atoms. The summed E-state index contributed by atoms with van der Waals surface area (Å²) < 4.78 is 0. The van der Waals surface area contributed by atoms with Crippen molar-refractivity contribution in [2.45, 2.75) is 13.3 Å². The highest BCUT2D eigenvalue weighted by atomic mass is 16.3. The average molecular weight is 312 g/mol. The molecule has 6 nitrogen and oxygen atoms in total. The Morgan fingerprint density at radius 2 is 2.04 bits per heavy atom. The molecule has 5 N–H and O–H groups in total. The Labute approximate surface area is 134 Å². The molecule has 1 aromatic carbocycles. The van der Waals surface area contributed by atoms with E-state index in [9.17, 15) is 4.79 Å². The molecule has 1 amide bonds. The molecule has 0 saturated carbocycles. The minimum absolute atomic E-state index is 0.00827. The van der Waals surface area contributed by atoms with Gasteiger partial charge in [-0.05, 0) is 37.1 Å². The van der Waals surface area contributed by atoms with Gasteiger partial charge in [-0.3, -0.25) is 15.2 Å². The van der Waals surface area contributed by atoms with Crippen LogP contribution in [0.2, 0.25) is 0 Å². The average Bonchev–Trinajstić information content (AvgIpc) is 2.55. The van der Waals surface area contributed by atoms with Crippen molar-refractivity contribution in [3.63, 3.8) is 0 Å². The lowest BCUT2D eigenvalue weighted by atomic mass is 10.00. The summed E-state index contributed by atoms with van der Waals surface area (Å²) in [5, 5.41) is 19.3. The summed E-state index contributed by atoms with van der Waals surface area (Å²) in [6, 6.07) is 9.07. The molecule has 0 saturated heterocycles. The van der Waals surface area contributed by atoms with E-state index >= 15 is 0 Å². The van der Waals surface area contributed by atoms with Crippen LogP contribution < -0.4 is 11.1 Å². The number of aromatic nitrogens is 1. The molecule has 1 heterocycles. The van der Waals surface area contributed by atoms with Crippen molar-refractivity contribution >= 4 is 17.3 Å². The fourth-order valence-corrected chi connectivity index (χ4v) is 2.08. The quantitative estimate of drug-likeness (QED) is 0.368. The number of aliphatic hydroxyl groups excluding tert-OH is 1. The van der Waals surface area contributed by atoms with Gasteiger partial charge < -0.3 is 16.2 Å². The molecule has 23 heavy (non-hydrogen) atoms. The molecule has 0 aliphatic rings. The Balaban J connectivity index is 2.25. The third-order valence-electron chi connectivity index (χ3n) is 3.41. The van der Waals surface area contributed by atoms with Gasteiger partial charge in [0.15, 0.2) is 0 Å². The first-order valence-electron chi connectivity index (χ1n) is 7.33. The third-order valence-corrected chi connectivity index (χ3v) is 3.41. The number of nitrogens with zero attached hydrogens (tertiary/aromatic N) is 1. The van der Waals surface area contributed by atoms with Crippen molar-refractivity contribution < 1.29 is 9.90 Å². The second kappa shape index (κ2) is 7.51. The third kappa shape index (κ3) is 4.14. The fourth-order valence-electron chi connectivity index (χ4n) is 2.08. The predicted molar refractivity (Wildman–Crippen MR) is 90.4 cm³/mol. The molecule has 0 unspecified atom stereocenters. The van der Waals surface area contributed by atoms with Crippen LogP contribution >= 0.6 is 0 Å². The Kier molecular flexibility index (Phi) is 5.43. The Morgan fingerprint density at radius 3 is 2.70 bits per heavy atom. The Hall–Kier alpha value is -2.73. The topological polar surface area (TPSA) is 112 Å². The lowest BCUT2D eigenvalue weighted by molar-refractivity contribution is -0.114. The van der Waals surface area contributed by atoms with Crippen LogP contribution in [0.3, 0.4) is 0 Å². The van der Waals surface area contributed by atoms with Crippen molar-refractivity contribution in [1.82, 2.24) is 10.3 Å². The lowest BCUT2D eigenvalue weighted by Crippen LogP contribution is -2.32. The van der Waals surface area contributed by atoms with Crippen molar-refractivity contribution in [1.29, 1.82) is 5.41 Å². The lowest BCUT2D eigenvalue weighted by Gasteiger charge is -2.10. The number of aliphatic hydroxyl groups is 1. The molecule has 6 heteroatoms. The standard InChI is InChI=1S/C17H20N4O2/c1-11-3-4-13(10-21-11)12-5-6-15(18)14(9-12)16(19)17(23)20-7-2-8-22/h3-6,9-10,19,22H,2,7-8,18H2,1H3,(H,20,23). The number of aryl methyl sites for hydroxylation is 1. The van der Waals surface area contributed by atoms with Gasteiger partial charge in [-0.15, -0.1) is 0 Å². The second-order valence-electron chi connectivity index (χ2n) is 5.20. The van der Waals surface area contributed by atoms with Gasteiger partial charge in [0.1, 0.15) is 5.71 Å². The zero-order chi connectivity index (χ0) is 16.8. The van der Waals surface area contributed by atoms with E-state index in [-0.39, 0.29) is 12.3 Å². The monoisotopic (exact) mass is 312 g/mol. The van der Waals surface area contributed by atoms with Crippen molar-refractivity contribution in [3.05, 3.63) is 47.8 Å². The first-order chi connectivity index (χ1) is 11.0. The number of hydrogen-bond donors (Lipinski definition) is 4. The molecule has 0 radical (unpaired) electrons. The van der Waals surface area contributed by atoms with E-state index in [4.69, 9.17) is 16.2 Å². The molecule has 2 rings (SSSR count). The summed E-state index contributed by atoms with van der Waals surface area (Å²) in [4.78, 5) is 16.2. The minimum Gasteiger partial charge on any atom is -0.398 e. The van der Waals surface area contributed by atoms with Crippen molar-refractivity contribution in [3.8, 4) is 11.1 Å². The molecule has 0 fully saturated rings. The molecule has 0 atom stereocenters. The molecular weight excluding hydrogens is 292 g/mol. The van der Waals surface area contributed by atoms with Gasteiger partial charge in [-0.2, -0.15) is 0 Å². The van der Waals surface area contributed by atoms with E-state index in [1.165, 1.54) is 0 Å². The largest absolute Gasteiger partial charge is 0.398 e. The van der Waals surface area contributed by atoms with Gasteiger partial charge in [-0.25, -0.2) is 0 Å². The summed E-state index contributed by atoms with van der Waals surface area (Å²) >= 11 is 0. The van der Waals surface area contributed by atoms with Crippen LogP contribution in [-0.4, -0.2) is 34.9 Å². The number of pyridine rings is 1. The summed E-state index contributed by atoms with van der Waals surface area (Å²) in [6.45, 7) is 2.22.